The highest BCUT2D eigenvalue weighted by Gasteiger charge is 2.36. The van der Waals surface area contributed by atoms with Gasteiger partial charge in [-0.1, -0.05) is 153 Å². The molecule has 0 N–H and O–H groups in total. The number of aromatic nitrogens is 1. The largest absolute Gasteiger partial charge is 0.454 e. The quantitative estimate of drug-likeness (QED) is 0.153. The maximum atomic E-state index is 6.92. The molecular weight excluding hydrogens is 771 g/mol. The SMILES string of the molecule is CC1(C)c2ccccc2-c2ccc(N(c3ccccc3)c3cc(N(c4ccc(-c5ccccc5)cc4)c4cccc5c4oc4ccccc45)cc4nc(-c5ccccc5)oc34)cc21. The lowest BCUT2D eigenvalue weighted by atomic mass is 9.82. The number of anilines is 6. The molecule has 0 unspecified atom stereocenters. The van der Waals surface area contributed by atoms with Crippen molar-refractivity contribution >= 4 is 67.2 Å². The van der Waals surface area contributed by atoms with Crippen LogP contribution in [0.25, 0.3) is 66.7 Å². The van der Waals surface area contributed by atoms with Crippen molar-refractivity contribution in [2.75, 3.05) is 9.80 Å². The van der Waals surface area contributed by atoms with Crippen LogP contribution >= 0.6 is 0 Å². The number of hydrogen-bond donors (Lipinski definition) is 0. The zero-order chi connectivity index (χ0) is 42.1. The minimum Gasteiger partial charge on any atom is -0.454 e. The number of benzene rings is 9. The molecule has 0 bridgehead atoms. The van der Waals surface area contributed by atoms with Crippen molar-refractivity contribution in [3.05, 3.63) is 223 Å². The average Bonchev–Trinajstić information content (AvgIpc) is 4.01. The van der Waals surface area contributed by atoms with Crippen LogP contribution in [0.15, 0.2) is 221 Å². The monoisotopic (exact) mass is 811 g/mol. The fourth-order valence-corrected chi connectivity index (χ4v) is 9.60. The van der Waals surface area contributed by atoms with E-state index in [1.54, 1.807) is 0 Å². The Hall–Kier alpha value is -8.15. The average molecular weight is 812 g/mol. The second kappa shape index (κ2) is 14.5. The maximum absolute atomic E-state index is 6.92. The van der Waals surface area contributed by atoms with E-state index in [1.165, 1.54) is 22.3 Å². The highest BCUT2D eigenvalue weighted by Crippen LogP contribution is 2.52. The fourth-order valence-electron chi connectivity index (χ4n) is 9.60. The van der Waals surface area contributed by atoms with Crippen molar-refractivity contribution in [3.63, 3.8) is 0 Å². The van der Waals surface area contributed by atoms with Crippen LogP contribution in [0.3, 0.4) is 0 Å². The van der Waals surface area contributed by atoms with Gasteiger partial charge in [-0.25, -0.2) is 4.98 Å². The van der Waals surface area contributed by atoms with E-state index >= 15 is 0 Å². The number of fused-ring (bicyclic) bond motifs is 7. The molecule has 0 fully saturated rings. The molecule has 1 aliphatic rings. The van der Waals surface area contributed by atoms with Gasteiger partial charge in [-0.2, -0.15) is 0 Å². The summed E-state index contributed by atoms with van der Waals surface area (Å²) in [5.41, 5.74) is 16.9. The maximum Gasteiger partial charge on any atom is 0.227 e. The van der Waals surface area contributed by atoms with Gasteiger partial charge in [-0.15, -0.1) is 0 Å². The zero-order valence-corrected chi connectivity index (χ0v) is 34.9. The highest BCUT2D eigenvalue weighted by molar-refractivity contribution is 6.11. The summed E-state index contributed by atoms with van der Waals surface area (Å²) < 4.78 is 13.7. The molecule has 63 heavy (non-hydrogen) atoms. The van der Waals surface area contributed by atoms with Crippen LogP contribution in [0.4, 0.5) is 34.1 Å². The van der Waals surface area contributed by atoms with Crippen LogP contribution < -0.4 is 9.80 Å². The second-order valence-electron chi connectivity index (χ2n) is 16.8. The lowest BCUT2D eigenvalue weighted by Gasteiger charge is -2.30. The van der Waals surface area contributed by atoms with E-state index in [0.29, 0.717) is 11.5 Å². The lowest BCUT2D eigenvalue weighted by molar-refractivity contribution is 0.620. The van der Waals surface area contributed by atoms with Gasteiger partial charge in [-0.3, -0.25) is 0 Å². The van der Waals surface area contributed by atoms with Gasteiger partial charge in [0, 0.05) is 38.8 Å². The molecule has 9 aromatic carbocycles. The van der Waals surface area contributed by atoms with E-state index in [0.717, 1.165) is 78.3 Å². The first kappa shape index (κ1) is 36.7. The molecule has 1 aliphatic carbocycles. The van der Waals surface area contributed by atoms with Gasteiger partial charge in [0.05, 0.1) is 17.1 Å². The number of furan rings is 1. The molecule has 0 aliphatic heterocycles. The molecule has 5 nitrogen and oxygen atoms in total. The van der Waals surface area contributed by atoms with Crippen molar-refractivity contribution < 1.29 is 8.83 Å². The third-order valence-corrected chi connectivity index (χ3v) is 12.7. The minimum atomic E-state index is -0.192. The Morgan fingerprint density at radius 1 is 0.397 bits per heavy atom. The highest BCUT2D eigenvalue weighted by atomic mass is 16.3. The molecule has 2 heterocycles. The van der Waals surface area contributed by atoms with E-state index in [9.17, 15) is 0 Å². The smallest absolute Gasteiger partial charge is 0.227 e. The second-order valence-corrected chi connectivity index (χ2v) is 16.8. The third kappa shape index (κ3) is 6.04. The summed E-state index contributed by atoms with van der Waals surface area (Å²) >= 11 is 0. The van der Waals surface area contributed by atoms with Crippen molar-refractivity contribution in [1.82, 2.24) is 4.98 Å². The molecule has 0 atom stereocenters. The first-order valence-corrected chi connectivity index (χ1v) is 21.5. The van der Waals surface area contributed by atoms with Crippen molar-refractivity contribution in [2.24, 2.45) is 0 Å². The van der Waals surface area contributed by atoms with Crippen LogP contribution in [0.1, 0.15) is 25.0 Å². The first-order valence-electron chi connectivity index (χ1n) is 21.5. The molecule has 0 saturated heterocycles. The number of rotatable bonds is 8. The van der Waals surface area contributed by atoms with Gasteiger partial charge in [0.2, 0.25) is 5.89 Å². The van der Waals surface area contributed by atoms with Gasteiger partial charge in [0.25, 0.3) is 0 Å². The molecule has 0 saturated carbocycles. The van der Waals surface area contributed by atoms with Crippen LogP contribution in [0, 0.1) is 0 Å². The Bertz CT molecular complexity index is 3480. The minimum absolute atomic E-state index is 0.192. The summed E-state index contributed by atoms with van der Waals surface area (Å²) in [6.07, 6.45) is 0. The summed E-state index contributed by atoms with van der Waals surface area (Å²) in [5.74, 6) is 0.556. The van der Waals surface area contributed by atoms with Gasteiger partial charge < -0.3 is 18.6 Å². The van der Waals surface area contributed by atoms with Crippen LogP contribution in [-0.4, -0.2) is 4.98 Å². The van der Waals surface area contributed by atoms with Gasteiger partial charge in [0.15, 0.2) is 11.2 Å². The van der Waals surface area contributed by atoms with E-state index in [-0.39, 0.29) is 5.41 Å². The Balaban J connectivity index is 1.13. The normalized spacial score (nSPS) is 12.7. The molecule has 300 valence electrons. The van der Waals surface area contributed by atoms with E-state index in [2.05, 4.69) is 194 Å². The van der Waals surface area contributed by atoms with Crippen LogP contribution in [0.2, 0.25) is 0 Å². The first-order chi connectivity index (χ1) is 31.0. The van der Waals surface area contributed by atoms with Crippen molar-refractivity contribution in [2.45, 2.75) is 19.3 Å². The van der Waals surface area contributed by atoms with Gasteiger partial charge >= 0.3 is 0 Å². The van der Waals surface area contributed by atoms with E-state index < -0.39 is 0 Å². The Morgan fingerprint density at radius 3 is 1.79 bits per heavy atom. The van der Waals surface area contributed by atoms with Crippen molar-refractivity contribution in [3.8, 4) is 33.7 Å². The molecule has 0 radical (unpaired) electrons. The number of para-hydroxylation sites is 3. The Labute approximate surface area is 365 Å². The standard InChI is InChI=1S/C58H41N3O2/c1-58(2)49-26-14-12-23-45(49)46-34-33-43(35-50(46)58)60(41-21-10-5-11-22-41)53-37-44(36-51-56(53)63-57(59-51)40-19-8-4-9-20-40)61(42-31-29-39(30-32-42)38-17-6-3-7-18-38)52-27-16-25-48-47-24-13-15-28-54(47)62-55(48)52/h3-37H,1-2H3. The summed E-state index contributed by atoms with van der Waals surface area (Å²) in [6, 6.07) is 74.7. The Kier molecular flexibility index (Phi) is 8.44. The molecule has 12 rings (SSSR count). The molecule has 5 heteroatoms. The predicted octanol–water partition coefficient (Wildman–Crippen LogP) is 16.3. The summed E-state index contributed by atoms with van der Waals surface area (Å²) in [4.78, 5) is 9.88. The summed E-state index contributed by atoms with van der Waals surface area (Å²) in [6.45, 7) is 4.66. The number of hydrogen-bond acceptors (Lipinski definition) is 5. The van der Waals surface area contributed by atoms with Crippen molar-refractivity contribution in [1.29, 1.82) is 0 Å². The van der Waals surface area contributed by atoms with Crippen LogP contribution in [-0.2, 0) is 5.41 Å². The van der Waals surface area contributed by atoms with E-state index in [1.807, 2.05) is 42.5 Å². The molecule has 0 amide bonds. The Morgan fingerprint density at radius 2 is 1.00 bits per heavy atom. The topological polar surface area (TPSA) is 45.7 Å². The van der Waals surface area contributed by atoms with Crippen LogP contribution in [0.5, 0.6) is 0 Å². The summed E-state index contributed by atoms with van der Waals surface area (Å²) in [5, 5.41) is 2.13. The summed E-state index contributed by atoms with van der Waals surface area (Å²) in [7, 11) is 0. The van der Waals surface area contributed by atoms with Gasteiger partial charge in [-0.05, 0) is 106 Å². The molecular formula is C58H41N3O2. The number of oxazole rings is 1. The molecule has 2 aromatic heterocycles. The molecule has 0 spiro atoms. The number of nitrogens with zero attached hydrogens (tertiary/aromatic N) is 3. The zero-order valence-electron chi connectivity index (χ0n) is 34.9. The van der Waals surface area contributed by atoms with E-state index in [4.69, 9.17) is 13.8 Å². The molecule has 11 aromatic rings. The predicted molar refractivity (Wildman–Crippen MR) is 259 cm³/mol. The fraction of sp³-hybridized carbons (Fsp3) is 0.0517. The lowest BCUT2D eigenvalue weighted by Crippen LogP contribution is -2.17. The third-order valence-electron chi connectivity index (χ3n) is 12.7. The van der Waals surface area contributed by atoms with Gasteiger partial charge in [0.1, 0.15) is 11.1 Å².